The van der Waals surface area contributed by atoms with E-state index in [0.29, 0.717) is 23.2 Å². The highest BCUT2D eigenvalue weighted by Crippen LogP contribution is 2.34. The van der Waals surface area contributed by atoms with E-state index in [1.807, 2.05) is 24.4 Å². The zero-order valence-electron chi connectivity index (χ0n) is 11.3. The van der Waals surface area contributed by atoms with Gasteiger partial charge in [-0.2, -0.15) is 0 Å². The molecule has 0 saturated heterocycles. The summed E-state index contributed by atoms with van der Waals surface area (Å²) in [5.74, 6) is 0. The summed E-state index contributed by atoms with van der Waals surface area (Å²) in [6.45, 7) is 3.31. The highest BCUT2D eigenvalue weighted by molar-refractivity contribution is 7.09. The Morgan fingerprint density at radius 3 is 2.85 bits per heavy atom. The minimum atomic E-state index is -0.0740. The summed E-state index contributed by atoms with van der Waals surface area (Å²) < 4.78 is 5.08. The maximum atomic E-state index is 6.33. The fourth-order valence-corrected chi connectivity index (χ4v) is 3.19. The number of methoxy groups -OCH3 is 1. The average Bonchev–Trinajstić information content (AvgIpc) is 2.85. The monoisotopic (exact) mass is 330 g/mol. The third-order valence-electron chi connectivity index (χ3n) is 2.83. The second kappa shape index (κ2) is 7.38. The van der Waals surface area contributed by atoms with Crippen molar-refractivity contribution in [2.75, 3.05) is 20.3 Å². The van der Waals surface area contributed by atoms with Crippen molar-refractivity contribution in [3.63, 3.8) is 0 Å². The van der Waals surface area contributed by atoms with Gasteiger partial charge in [0.15, 0.2) is 0 Å². The number of rotatable bonds is 6. The Morgan fingerprint density at radius 1 is 1.40 bits per heavy atom. The summed E-state index contributed by atoms with van der Waals surface area (Å²) in [5.41, 5.74) is 1.94. The van der Waals surface area contributed by atoms with E-state index in [-0.39, 0.29) is 6.04 Å². The van der Waals surface area contributed by atoms with Gasteiger partial charge in [-0.05, 0) is 18.6 Å². The van der Waals surface area contributed by atoms with Crippen LogP contribution in [0.4, 0.5) is 0 Å². The predicted octanol–water partition coefficient (Wildman–Crippen LogP) is 4.08. The Morgan fingerprint density at radius 2 is 2.20 bits per heavy atom. The number of nitrogens with one attached hydrogen (secondary N) is 1. The number of ether oxygens (including phenoxy) is 1. The second-order valence-electron chi connectivity index (χ2n) is 4.35. The molecule has 1 aromatic carbocycles. The first-order valence-electron chi connectivity index (χ1n) is 6.21. The predicted molar refractivity (Wildman–Crippen MR) is 85.0 cm³/mol. The van der Waals surface area contributed by atoms with E-state index in [4.69, 9.17) is 27.9 Å². The van der Waals surface area contributed by atoms with Gasteiger partial charge in [-0.1, -0.05) is 35.3 Å². The van der Waals surface area contributed by atoms with Crippen LogP contribution in [0.1, 0.15) is 22.3 Å². The van der Waals surface area contributed by atoms with Crippen LogP contribution >= 0.6 is 34.5 Å². The summed E-state index contributed by atoms with van der Waals surface area (Å²) >= 11 is 14.1. The van der Waals surface area contributed by atoms with Crippen LogP contribution < -0.4 is 5.32 Å². The molecule has 1 heterocycles. The molecular formula is C14H16Cl2N2OS. The third-order valence-corrected chi connectivity index (χ3v) is 4.69. The van der Waals surface area contributed by atoms with Gasteiger partial charge in [0.1, 0.15) is 5.01 Å². The fraction of sp³-hybridized carbons (Fsp3) is 0.357. The molecule has 0 fully saturated rings. The number of benzene rings is 1. The van der Waals surface area contributed by atoms with Crippen molar-refractivity contribution >= 4 is 34.5 Å². The molecule has 0 bridgehead atoms. The van der Waals surface area contributed by atoms with Gasteiger partial charge in [0.25, 0.3) is 0 Å². The molecule has 20 heavy (non-hydrogen) atoms. The standard InChI is InChI=1S/C14H16Cl2N2OS/c1-9-8-20-14(18-9)13(17-6-7-19-2)10-4-3-5-11(15)12(10)16/h3-5,8,13,17H,6-7H2,1-2H3. The first kappa shape index (κ1) is 15.7. The van der Waals surface area contributed by atoms with Gasteiger partial charge < -0.3 is 10.1 Å². The van der Waals surface area contributed by atoms with Gasteiger partial charge >= 0.3 is 0 Å². The lowest BCUT2D eigenvalue weighted by Crippen LogP contribution is -2.26. The van der Waals surface area contributed by atoms with Crippen molar-refractivity contribution in [3.8, 4) is 0 Å². The van der Waals surface area contributed by atoms with Crippen LogP contribution in [-0.4, -0.2) is 25.2 Å². The quantitative estimate of drug-likeness (QED) is 0.810. The number of nitrogens with zero attached hydrogens (tertiary/aromatic N) is 1. The van der Waals surface area contributed by atoms with Gasteiger partial charge in [0, 0.05) is 24.7 Å². The van der Waals surface area contributed by atoms with Crippen molar-refractivity contribution in [1.29, 1.82) is 0 Å². The number of thiazole rings is 1. The van der Waals surface area contributed by atoms with Crippen LogP contribution in [0.15, 0.2) is 23.6 Å². The van der Waals surface area contributed by atoms with E-state index >= 15 is 0 Å². The average molecular weight is 331 g/mol. The fourth-order valence-electron chi connectivity index (χ4n) is 1.88. The Kier molecular flexibility index (Phi) is 5.81. The Balaban J connectivity index is 2.32. The first-order valence-corrected chi connectivity index (χ1v) is 7.85. The van der Waals surface area contributed by atoms with Gasteiger partial charge in [0.05, 0.1) is 22.7 Å². The first-order chi connectivity index (χ1) is 9.63. The van der Waals surface area contributed by atoms with Crippen LogP contribution in [0.25, 0.3) is 0 Å². The van der Waals surface area contributed by atoms with Crippen molar-refractivity contribution in [3.05, 3.63) is 49.9 Å². The van der Waals surface area contributed by atoms with Crippen LogP contribution in [0.3, 0.4) is 0 Å². The summed E-state index contributed by atoms with van der Waals surface area (Å²) in [5, 5.41) is 7.53. The number of halogens is 2. The minimum Gasteiger partial charge on any atom is -0.383 e. The van der Waals surface area contributed by atoms with Crippen molar-refractivity contribution < 1.29 is 4.74 Å². The lowest BCUT2D eigenvalue weighted by atomic mass is 10.1. The maximum absolute atomic E-state index is 6.33. The van der Waals surface area contributed by atoms with E-state index in [1.165, 1.54) is 0 Å². The Bertz CT molecular complexity index is 574. The molecule has 1 aromatic heterocycles. The minimum absolute atomic E-state index is 0.0740. The normalized spacial score (nSPS) is 12.6. The Hall–Kier alpha value is -0.650. The molecule has 0 aliphatic carbocycles. The number of aryl methyl sites for hydroxylation is 1. The smallest absolute Gasteiger partial charge is 0.114 e. The molecule has 6 heteroatoms. The molecule has 108 valence electrons. The third kappa shape index (κ3) is 3.71. The molecule has 3 nitrogen and oxygen atoms in total. The largest absolute Gasteiger partial charge is 0.383 e. The number of hydrogen-bond acceptors (Lipinski definition) is 4. The number of hydrogen-bond donors (Lipinski definition) is 1. The van der Waals surface area contributed by atoms with E-state index in [1.54, 1.807) is 24.5 Å². The van der Waals surface area contributed by atoms with E-state index in [9.17, 15) is 0 Å². The molecule has 2 aromatic rings. The van der Waals surface area contributed by atoms with Gasteiger partial charge in [-0.25, -0.2) is 4.98 Å². The van der Waals surface area contributed by atoms with Crippen LogP contribution in [0, 0.1) is 6.92 Å². The van der Waals surface area contributed by atoms with Crippen molar-refractivity contribution in [1.82, 2.24) is 10.3 Å². The molecule has 1 atom stereocenters. The summed E-state index contributed by atoms with van der Waals surface area (Å²) in [4.78, 5) is 4.55. The molecule has 0 amide bonds. The molecule has 0 aliphatic heterocycles. The molecule has 0 spiro atoms. The molecule has 2 rings (SSSR count). The van der Waals surface area contributed by atoms with Gasteiger partial charge in [0.2, 0.25) is 0 Å². The van der Waals surface area contributed by atoms with Crippen LogP contribution in [-0.2, 0) is 4.74 Å². The molecule has 1 unspecified atom stereocenters. The summed E-state index contributed by atoms with van der Waals surface area (Å²) in [7, 11) is 1.68. The van der Waals surface area contributed by atoms with Gasteiger partial charge in [-0.3, -0.25) is 0 Å². The van der Waals surface area contributed by atoms with Crippen molar-refractivity contribution in [2.45, 2.75) is 13.0 Å². The lowest BCUT2D eigenvalue weighted by Gasteiger charge is -2.18. The van der Waals surface area contributed by atoms with Crippen LogP contribution in [0.5, 0.6) is 0 Å². The molecule has 0 saturated carbocycles. The van der Waals surface area contributed by atoms with E-state index in [0.717, 1.165) is 16.3 Å². The van der Waals surface area contributed by atoms with Crippen molar-refractivity contribution in [2.24, 2.45) is 0 Å². The maximum Gasteiger partial charge on any atom is 0.114 e. The highest BCUT2D eigenvalue weighted by Gasteiger charge is 2.20. The molecule has 1 N–H and O–H groups in total. The molecule has 0 aliphatic rings. The summed E-state index contributed by atoms with van der Waals surface area (Å²) in [6, 6.07) is 5.58. The van der Waals surface area contributed by atoms with E-state index < -0.39 is 0 Å². The lowest BCUT2D eigenvalue weighted by molar-refractivity contribution is 0.197. The second-order valence-corrected chi connectivity index (χ2v) is 6.02. The molecule has 0 radical (unpaired) electrons. The topological polar surface area (TPSA) is 34.1 Å². The number of aromatic nitrogens is 1. The van der Waals surface area contributed by atoms with Crippen LogP contribution in [0.2, 0.25) is 10.0 Å². The molecular weight excluding hydrogens is 315 g/mol. The zero-order chi connectivity index (χ0) is 14.5. The highest BCUT2D eigenvalue weighted by atomic mass is 35.5. The Labute approximate surface area is 132 Å². The summed E-state index contributed by atoms with van der Waals surface area (Å²) in [6.07, 6.45) is 0. The zero-order valence-corrected chi connectivity index (χ0v) is 13.6. The van der Waals surface area contributed by atoms with Gasteiger partial charge in [-0.15, -0.1) is 11.3 Å². The SMILES string of the molecule is COCCNC(c1nc(C)cs1)c1cccc(Cl)c1Cl. The van der Waals surface area contributed by atoms with E-state index in [2.05, 4.69) is 10.3 Å².